The molecule has 0 aliphatic carbocycles. The van der Waals surface area contributed by atoms with Gasteiger partial charge in [0, 0.05) is 0 Å². The molecule has 0 radical (unpaired) electrons. The van der Waals surface area contributed by atoms with E-state index in [9.17, 15) is 5.11 Å². The SMILES string of the molecule is CCOc1ccc(C(O)c2ccc3ccccc3c2)cc1. The molecule has 0 amide bonds. The summed E-state index contributed by atoms with van der Waals surface area (Å²) in [5.41, 5.74) is 1.77. The van der Waals surface area contributed by atoms with Gasteiger partial charge in [-0.2, -0.15) is 0 Å². The highest BCUT2D eigenvalue weighted by atomic mass is 16.5. The molecular formula is C19H18O2. The van der Waals surface area contributed by atoms with Crippen molar-refractivity contribution in [2.45, 2.75) is 13.0 Å². The first kappa shape index (κ1) is 13.7. The molecule has 0 bridgehead atoms. The minimum atomic E-state index is -0.620. The van der Waals surface area contributed by atoms with Crippen molar-refractivity contribution in [3.8, 4) is 5.75 Å². The van der Waals surface area contributed by atoms with E-state index in [1.807, 2.05) is 61.5 Å². The van der Waals surface area contributed by atoms with Gasteiger partial charge >= 0.3 is 0 Å². The summed E-state index contributed by atoms with van der Waals surface area (Å²) < 4.78 is 5.42. The third-order valence-corrected chi connectivity index (χ3v) is 3.60. The smallest absolute Gasteiger partial charge is 0.119 e. The zero-order valence-corrected chi connectivity index (χ0v) is 12.0. The van der Waals surface area contributed by atoms with E-state index in [1.54, 1.807) is 0 Å². The summed E-state index contributed by atoms with van der Waals surface area (Å²) in [5, 5.41) is 12.9. The van der Waals surface area contributed by atoms with E-state index < -0.39 is 6.10 Å². The molecule has 0 spiro atoms. The van der Waals surface area contributed by atoms with Crippen molar-refractivity contribution in [3.63, 3.8) is 0 Å². The summed E-state index contributed by atoms with van der Waals surface area (Å²) in [6.07, 6.45) is -0.620. The summed E-state index contributed by atoms with van der Waals surface area (Å²) in [7, 11) is 0. The number of hydrogen-bond donors (Lipinski definition) is 1. The second kappa shape index (κ2) is 5.98. The number of benzene rings is 3. The van der Waals surface area contributed by atoms with Crippen molar-refractivity contribution < 1.29 is 9.84 Å². The Morgan fingerprint density at radius 2 is 1.52 bits per heavy atom. The second-order valence-electron chi connectivity index (χ2n) is 5.01. The topological polar surface area (TPSA) is 29.5 Å². The van der Waals surface area contributed by atoms with Gasteiger partial charge in [-0.15, -0.1) is 0 Å². The van der Waals surface area contributed by atoms with Crippen LogP contribution in [-0.2, 0) is 0 Å². The number of hydrogen-bond acceptors (Lipinski definition) is 2. The van der Waals surface area contributed by atoms with Gasteiger partial charge in [0.15, 0.2) is 0 Å². The van der Waals surface area contributed by atoms with Crippen molar-refractivity contribution in [1.82, 2.24) is 0 Å². The molecule has 106 valence electrons. The van der Waals surface area contributed by atoms with E-state index in [4.69, 9.17) is 4.74 Å². The second-order valence-corrected chi connectivity index (χ2v) is 5.01. The number of aliphatic hydroxyl groups excluding tert-OH is 1. The number of rotatable bonds is 4. The van der Waals surface area contributed by atoms with Crippen LogP contribution in [-0.4, -0.2) is 11.7 Å². The van der Waals surface area contributed by atoms with Crippen molar-refractivity contribution in [2.24, 2.45) is 0 Å². The number of fused-ring (bicyclic) bond motifs is 1. The Labute approximate surface area is 124 Å². The molecule has 0 fully saturated rings. The molecule has 0 saturated carbocycles. The lowest BCUT2D eigenvalue weighted by atomic mass is 9.98. The standard InChI is InChI=1S/C19H18O2/c1-2-21-18-11-9-15(10-12-18)19(20)17-8-7-14-5-3-4-6-16(14)13-17/h3-13,19-20H,2H2,1H3. The fourth-order valence-electron chi connectivity index (χ4n) is 2.48. The van der Waals surface area contributed by atoms with Gasteiger partial charge in [-0.1, -0.05) is 48.5 Å². The monoisotopic (exact) mass is 278 g/mol. The van der Waals surface area contributed by atoms with Crippen LogP contribution in [0.3, 0.4) is 0 Å². The minimum Gasteiger partial charge on any atom is -0.494 e. The summed E-state index contributed by atoms with van der Waals surface area (Å²) in [5.74, 6) is 0.826. The van der Waals surface area contributed by atoms with Crippen LogP contribution in [0.4, 0.5) is 0 Å². The molecule has 2 nitrogen and oxygen atoms in total. The molecule has 0 heterocycles. The lowest BCUT2D eigenvalue weighted by molar-refractivity contribution is 0.220. The molecule has 1 atom stereocenters. The Morgan fingerprint density at radius 1 is 0.857 bits per heavy atom. The van der Waals surface area contributed by atoms with Crippen LogP contribution in [0.15, 0.2) is 66.7 Å². The molecule has 3 aromatic rings. The van der Waals surface area contributed by atoms with Gasteiger partial charge in [-0.3, -0.25) is 0 Å². The molecule has 3 aromatic carbocycles. The Morgan fingerprint density at radius 3 is 2.24 bits per heavy atom. The maximum Gasteiger partial charge on any atom is 0.119 e. The largest absolute Gasteiger partial charge is 0.494 e. The molecule has 1 N–H and O–H groups in total. The fraction of sp³-hybridized carbons (Fsp3) is 0.158. The zero-order valence-electron chi connectivity index (χ0n) is 12.0. The van der Waals surface area contributed by atoms with Gasteiger partial charge in [0.2, 0.25) is 0 Å². The zero-order chi connectivity index (χ0) is 14.7. The van der Waals surface area contributed by atoms with Crippen LogP contribution in [0.5, 0.6) is 5.75 Å². The van der Waals surface area contributed by atoms with Crippen LogP contribution in [0, 0.1) is 0 Å². The molecule has 1 unspecified atom stereocenters. The third kappa shape index (κ3) is 2.91. The summed E-state index contributed by atoms with van der Waals surface area (Å²) >= 11 is 0. The average Bonchev–Trinajstić information content (AvgIpc) is 2.55. The van der Waals surface area contributed by atoms with Gasteiger partial charge in [0.25, 0.3) is 0 Å². The maximum atomic E-state index is 10.5. The van der Waals surface area contributed by atoms with Gasteiger partial charge in [0.05, 0.1) is 6.61 Å². The molecule has 0 aliphatic rings. The minimum absolute atomic E-state index is 0.620. The highest BCUT2D eigenvalue weighted by Crippen LogP contribution is 2.26. The van der Waals surface area contributed by atoms with Crippen LogP contribution in [0.1, 0.15) is 24.2 Å². The van der Waals surface area contributed by atoms with Gasteiger partial charge in [-0.25, -0.2) is 0 Å². The van der Waals surface area contributed by atoms with Crippen LogP contribution < -0.4 is 4.74 Å². The lowest BCUT2D eigenvalue weighted by Crippen LogP contribution is -2.00. The molecule has 0 aliphatic heterocycles. The van der Waals surface area contributed by atoms with Gasteiger partial charge < -0.3 is 9.84 Å². The molecule has 0 saturated heterocycles. The van der Waals surface area contributed by atoms with Gasteiger partial charge in [0.1, 0.15) is 11.9 Å². The summed E-state index contributed by atoms with van der Waals surface area (Å²) in [6, 6.07) is 21.8. The van der Waals surface area contributed by atoms with E-state index in [1.165, 1.54) is 5.39 Å². The molecule has 0 aromatic heterocycles. The first-order valence-electron chi connectivity index (χ1n) is 7.17. The molecular weight excluding hydrogens is 260 g/mol. The van der Waals surface area contributed by atoms with Crippen LogP contribution in [0.25, 0.3) is 10.8 Å². The fourth-order valence-corrected chi connectivity index (χ4v) is 2.48. The molecule has 2 heteroatoms. The summed E-state index contributed by atoms with van der Waals surface area (Å²) in [6.45, 7) is 2.60. The van der Waals surface area contributed by atoms with E-state index in [-0.39, 0.29) is 0 Å². The van der Waals surface area contributed by atoms with E-state index in [2.05, 4.69) is 12.1 Å². The van der Waals surface area contributed by atoms with E-state index >= 15 is 0 Å². The summed E-state index contributed by atoms with van der Waals surface area (Å²) in [4.78, 5) is 0. The highest BCUT2D eigenvalue weighted by Gasteiger charge is 2.11. The number of aliphatic hydroxyl groups is 1. The first-order valence-corrected chi connectivity index (χ1v) is 7.17. The maximum absolute atomic E-state index is 10.5. The highest BCUT2D eigenvalue weighted by molar-refractivity contribution is 5.83. The molecule has 3 rings (SSSR count). The quantitative estimate of drug-likeness (QED) is 0.770. The van der Waals surface area contributed by atoms with Crippen LogP contribution >= 0.6 is 0 Å². The Balaban J connectivity index is 1.90. The van der Waals surface area contributed by atoms with Gasteiger partial charge in [-0.05, 0) is 47.0 Å². The van der Waals surface area contributed by atoms with E-state index in [0.717, 1.165) is 22.3 Å². The Bertz CT molecular complexity index is 732. The van der Waals surface area contributed by atoms with Crippen LogP contribution in [0.2, 0.25) is 0 Å². The first-order chi connectivity index (χ1) is 10.3. The van der Waals surface area contributed by atoms with Crippen molar-refractivity contribution in [3.05, 3.63) is 77.9 Å². The Kier molecular flexibility index (Phi) is 3.89. The Hall–Kier alpha value is -2.32. The predicted octanol–water partition coefficient (Wildman–Crippen LogP) is 4.32. The lowest BCUT2D eigenvalue weighted by Gasteiger charge is -2.13. The number of ether oxygens (including phenoxy) is 1. The normalized spacial score (nSPS) is 12.3. The molecule has 21 heavy (non-hydrogen) atoms. The van der Waals surface area contributed by atoms with Crippen molar-refractivity contribution >= 4 is 10.8 Å². The third-order valence-electron chi connectivity index (χ3n) is 3.60. The predicted molar refractivity (Wildman–Crippen MR) is 85.6 cm³/mol. The average molecular weight is 278 g/mol. The van der Waals surface area contributed by atoms with Crippen molar-refractivity contribution in [1.29, 1.82) is 0 Å². The van der Waals surface area contributed by atoms with E-state index in [0.29, 0.717) is 6.61 Å². The van der Waals surface area contributed by atoms with Crippen molar-refractivity contribution in [2.75, 3.05) is 6.61 Å².